The fourth-order valence-electron chi connectivity index (χ4n) is 1.41. The summed E-state index contributed by atoms with van der Waals surface area (Å²) in [6, 6.07) is 0.542. The molecule has 3 heteroatoms. The first-order valence-corrected chi connectivity index (χ1v) is 6.57. The molecular weight excluding hydrogens is 200 g/mol. The Bertz CT molecular complexity index is 100. The van der Waals surface area contributed by atoms with Gasteiger partial charge < -0.3 is 15.4 Å². The van der Waals surface area contributed by atoms with E-state index in [1.165, 1.54) is 38.6 Å². The number of methoxy groups -OCH3 is 1. The third-order valence-electron chi connectivity index (χ3n) is 2.44. The molecule has 1 unspecified atom stereocenters. The third kappa shape index (κ3) is 16.3. The largest absolute Gasteiger partial charge is 0.383 e. The Morgan fingerprint density at radius 2 is 1.75 bits per heavy atom. The Labute approximate surface area is 102 Å². The molecule has 0 aliphatic rings. The van der Waals surface area contributed by atoms with Gasteiger partial charge in [-0.05, 0) is 33.5 Å². The summed E-state index contributed by atoms with van der Waals surface area (Å²) in [6.07, 6.45) is 6.43. The predicted molar refractivity (Wildman–Crippen MR) is 73.1 cm³/mol. The van der Waals surface area contributed by atoms with Crippen LogP contribution in [-0.4, -0.2) is 40.4 Å². The molecule has 0 bridgehead atoms. The standard InChI is InChI=1S/C7H17NO.C6H15N/c1-4-5-7(8-2)6-9-3;1-3-4-5-6-7-2/h7-8H,4-6H2,1-3H3;7H,3-6H2,1-2H3. The number of hydrogen-bond acceptors (Lipinski definition) is 3. The van der Waals surface area contributed by atoms with Crippen molar-refractivity contribution in [2.24, 2.45) is 0 Å². The summed E-state index contributed by atoms with van der Waals surface area (Å²) in [5.74, 6) is 0. The van der Waals surface area contributed by atoms with Gasteiger partial charge in [0, 0.05) is 13.2 Å². The maximum absolute atomic E-state index is 4.98. The molecule has 0 spiro atoms. The summed E-state index contributed by atoms with van der Waals surface area (Å²) in [4.78, 5) is 0. The predicted octanol–water partition coefficient (Wildman–Crippen LogP) is 2.42. The molecule has 0 saturated carbocycles. The lowest BCUT2D eigenvalue weighted by molar-refractivity contribution is 0.165. The lowest BCUT2D eigenvalue weighted by atomic mass is 10.2. The summed E-state index contributed by atoms with van der Waals surface area (Å²) in [5, 5.41) is 6.28. The van der Waals surface area contributed by atoms with Crippen LogP contribution in [-0.2, 0) is 4.74 Å². The van der Waals surface area contributed by atoms with Crippen LogP contribution in [0.15, 0.2) is 0 Å². The van der Waals surface area contributed by atoms with Crippen LogP contribution in [0.25, 0.3) is 0 Å². The van der Waals surface area contributed by atoms with Gasteiger partial charge in [0.15, 0.2) is 0 Å². The van der Waals surface area contributed by atoms with E-state index in [0.717, 1.165) is 6.61 Å². The Hall–Kier alpha value is -0.120. The van der Waals surface area contributed by atoms with Crippen molar-refractivity contribution < 1.29 is 4.74 Å². The lowest BCUT2D eigenvalue weighted by Gasteiger charge is -2.12. The Morgan fingerprint density at radius 3 is 2.12 bits per heavy atom. The molecule has 0 heterocycles. The number of likely N-dealkylation sites (N-methyl/N-ethyl adjacent to an activating group) is 1. The van der Waals surface area contributed by atoms with E-state index < -0.39 is 0 Å². The van der Waals surface area contributed by atoms with Gasteiger partial charge in [0.25, 0.3) is 0 Å². The van der Waals surface area contributed by atoms with Gasteiger partial charge in [0.2, 0.25) is 0 Å². The van der Waals surface area contributed by atoms with E-state index in [0.29, 0.717) is 6.04 Å². The van der Waals surface area contributed by atoms with Crippen LogP contribution in [0.3, 0.4) is 0 Å². The second-order valence-electron chi connectivity index (χ2n) is 4.04. The van der Waals surface area contributed by atoms with E-state index in [9.17, 15) is 0 Å². The molecule has 0 fully saturated rings. The highest BCUT2D eigenvalue weighted by molar-refractivity contribution is 4.60. The summed E-state index contributed by atoms with van der Waals surface area (Å²) >= 11 is 0. The van der Waals surface area contributed by atoms with Crippen molar-refractivity contribution >= 4 is 0 Å². The van der Waals surface area contributed by atoms with E-state index in [-0.39, 0.29) is 0 Å². The summed E-state index contributed by atoms with van der Waals surface area (Å²) in [6.45, 7) is 6.40. The molecule has 0 aliphatic heterocycles. The first-order valence-electron chi connectivity index (χ1n) is 6.57. The number of hydrogen-bond donors (Lipinski definition) is 2. The molecule has 100 valence electrons. The van der Waals surface area contributed by atoms with E-state index in [2.05, 4.69) is 24.5 Å². The SMILES string of the molecule is CCCC(COC)NC.CCCCCNC. The van der Waals surface area contributed by atoms with Gasteiger partial charge in [-0.25, -0.2) is 0 Å². The highest BCUT2D eigenvalue weighted by Gasteiger charge is 2.01. The minimum Gasteiger partial charge on any atom is -0.383 e. The van der Waals surface area contributed by atoms with Crippen LogP contribution in [0.5, 0.6) is 0 Å². The smallest absolute Gasteiger partial charge is 0.0615 e. The molecule has 0 aromatic carbocycles. The molecule has 0 aromatic heterocycles. The second-order valence-corrected chi connectivity index (χ2v) is 4.04. The lowest BCUT2D eigenvalue weighted by Crippen LogP contribution is -2.29. The molecule has 0 amide bonds. The van der Waals surface area contributed by atoms with E-state index in [4.69, 9.17) is 4.74 Å². The molecule has 0 radical (unpaired) electrons. The number of nitrogens with one attached hydrogen (secondary N) is 2. The zero-order valence-corrected chi connectivity index (χ0v) is 11.9. The molecule has 0 saturated heterocycles. The average Bonchev–Trinajstić information content (AvgIpc) is 2.30. The molecule has 0 aliphatic carbocycles. The fourth-order valence-corrected chi connectivity index (χ4v) is 1.41. The van der Waals surface area contributed by atoms with E-state index in [1.54, 1.807) is 7.11 Å². The fraction of sp³-hybridized carbons (Fsp3) is 1.00. The van der Waals surface area contributed by atoms with Crippen LogP contribution in [0.1, 0.15) is 46.0 Å². The summed E-state index contributed by atoms with van der Waals surface area (Å²) in [5.41, 5.74) is 0. The van der Waals surface area contributed by atoms with Crippen molar-refractivity contribution in [1.29, 1.82) is 0 Å². The van der Waals surface area contributed by atoms with Gasteiger partial charge in [-0.1, -0.05) is 33.1 Å². The zero-order valence-electron chi connectivity index (χ0n) is 11.9. The molecule has 1 atom stereocenters. The van der Waals surface area contributed by atoms with E-state index in [1.807, 2.05) is 14.1 Å². The maximum atomic E-state index is 4.98. The quantitative estimate of drug-likeness (QED) is 0.599. The summed E-state index contributed by atoms with van der Waals surface area (Å²) in [7, 11) is 5.70. The highest BCUT2D eigenvalue weighted by Crippen LogP contribution is 1.94. The van der Waals surface area contributed by atoms with Crippen molar-refractivity contribution in [2.75, 3.05) is 34.4 Å². The van der Waals surface area contributed by atoms with Gasteiger partial charge in [0.1, 0.15) is 0 Å². The third-order valence-corrected chi connectivity index (χ3v) is 2.44. The Balaban J connectivity index is 0. The van der Waals surface area contributed by atoms with Crippen molar-refractivity contribution in [1.82, 2.24) is 10.6 Å². The molecule has 2 N–H and O–H groups in total. The van der Waals surface area contributed by atoms with Crippen LogP contribution >= 0.6 is 0 Å². The minimum absolute atomic E-state index is 0.542. The van der Waals surface area contributed by atoms with Crippen molar-refractivity contribution in [2.45, 2.75) is 52.0 Å². The van der Waals surface area contributed by atoms with E-state index >= 15 is 0 Å². The van der Waals surface area contributed by atoms with Crippen LogP contribution < -0.4 is 10.6 Å². The van der Waals surface area contributed by atoms with Crippen LogP contribution in [0, 0.1) is 0 Å². The average molecular weight is 232 g/mol. The van der Waals surface area contributed by atoms with Crippen molar-refractivity contribution in [3.05, 3.63) is 0 Å². The molecular formula is C13H32N2O. The summed E-state index contributed by atoms with van der Waals surface area (Å²) < 4.78 is 4.98. The molecule has 3 nitrogen and oxygen atoms in total. The number of rotatable bonds is 9. The van der Waals surface area contributed by atoms with Gasteiger partial charge in [-0.2, -0.15) is 0 Å². The number of ether oxygens (including phenoxy) is 1. The van der Waals surface area contributed by atoms with Gasteiger partial charge in [-0.15, -0.1) is 0 Å². The van der Waals surface area contributed by atoms with Gasteiger partial charge in [-0.3, -0.25) is 0 Å². The maximum Gasteiger partial charge on any atom is 0.0615 e. The monoisotopic (exact) mass is 232 g/mol. The first-order chi connectivity index (χ1) is 7.76. The molecule has 0 rings (SSSR count). The van der Waals surface area contributed by atoms with Crippen LogP contribution in [0.4, 0.5) is 0 Å². The normalized spacial score (nSPS) is 11.8. The Morgan fingerprint density at radius 1 is 1.06 bits per heavy atom. The van der Waals surface area contributed by atoms with Gasteiger partial charge >= 0.3 is 0 Å². The van der Waals surface area contributed by atoms with Crippen molar-refractivity contribution in [3.63, 3.8) is 0 Å². The van der Waals surface area contributed by atoms with Gasteiger partial charge in [0.05, 0.1) is 6.61 Å². The first kappa shape index (κ1) is 18.3. The Kier molecular flexibility index (Phi) is 19.7. The number of unbranched alkanes of at least 4 members (excludes halogenated alkanes) is 2. The van der Waals surface area contributed by atoms with Crippen LogP contribution in [0.2, 0.25) is 0 Å². The topological polar surface area (TPSA) is 33.3 Å². The molecule has 16 heavy (non-hydrogen) atoms. The second kappa shape index (κ2) is 17.3. The van der Waals surface area contributed by atoms with Crippen molar-refractivity contribution in [3.8, 4) is 0 Å². The minimum atomic E-state index is 0.542. The zero-order chi connectivity index (χ0) is 12.6. The highest BCUT2D eigenvalue weighted by atomic mass is 16.5. The molecule has 0 aromatic rings.